The van der Waals surface area contributed by atoms with Gasteiger partial charge in [-0.15, -0.1) is 0 Å². The fourth-order valence-corrected chi connectivity index (χ4v) is 4.75. The van der Waals surface area contributed by atoms with Gasteiger partial charge in [0.15, 0.2) is 0 Å². The topological polar surface area (TPSA) is 111 Å². The second kappa shape index (κ2) is 11.2. The van der Waals surface area contributed by atoms with Gasteiger partial charge in [-0.05, 0) is 11.3 Å². The molecule has 12 heteroatoms. The Hall–Kier alpha value is -0.450. The molecule has 0 saturated heterocycles. The number of thioether (sulfide) groups is 1. The Morgan fingerprint density at radius 1 is 1.50 bits per heavy atom. The largest absolute Gasteiger partial charge is 0.434 e. The molecule has 138 valence electrons. The van der Waals surface area contributed by atoms with E-state index in [1.165, 1.54) is 22.5 Å². The number of rotatable bonds is 13. The van der Waals surface area contributed by atoms with Gasteiger partial charge in [-0.25, -0.2) is 14.7 Å². The molecule has 1 atom stereocenters. The Kier molecular flexibility index (Phi) is 10.1. The maximum Gasteiger partial charge on any atom is 0.434 e. The summed E-state index contributed by atoms with van der Waals surface area (Å²) in [6.45, 7) is 3.46. The molecule has 0 aliphatic heterocycles. The van der Waals surface area contributed by atoms with E-state index in [0.29, 0.717) is 36.5 Å². The summed E-state index contributed by atoms with van der Waals surface area (Å²) in [5.41, 5.74) is 0.761. The lowest BCUT2D eigenvalue weighted by Gasteiger charge is -2.19. The Labute approximate surface area is 154 Å². The van der Waals surface area contributed by atoms with Crippen molar-refractivity contribution in [3.05, 3.63) is 22.0 Å². The standard InChI is InChI=1S/C12H23BrN5O4PS/c1-3-5-15-23(21,16-6-4-13)22-7-8-24-10-11-9-14-12(17(11)2)18(19)20/h9H,3-8,10H2,1-2H3,(H2,15,16,21). The predicted octanol–water partition coefficient (Wildman–Crippen LogP) is 2.67. The SMILES string of the molecule is CCCNP(=O)(NCCBr)OCCSCc1cnc([N+](=O)[O-])n1C. The maximum atomic E-state index is 12.5. The highest BCUT2D eigenvalue weighted by atomic mass is 79.9. The lowest BCUT2D eigenvalue weighted by atomic mass is 10.5. The van der Waals surface area contributed by atoms with Crippen molar-refractivity contribution in [2.45, 2.75) is 19.1 Å². The molecule has 0 aromatic carbocycles. The number of alkyl halides is 1. The first kappa shape index (κ1) is 21.6. The summed E-state index contributed by atoms with van der Waals surface area (Å²) in [6.07, 6.45) is 2.36. The fourth-order valence-electron chi connectivity index (χ4n) is 1.73. The van der Waals surface area contributed by atoms with Crippen molar-refractivity contribution in [2.75, 3.05) is 30.8 Å². The smallest absolute Gasteiger partial charge is 0.390 e. The van der Waals surface area contributed by atoms with Crippen LogP contribution in [-0.4, -0.2) is 45.3 Å². The van der Waals surface area contributed by atoms with E-state index in [4.69, 9.17) is 4.52 Å². The Morgan fingerprint density at radius 2 is 2.21 bits per heavy atom. The third-order valence-electron chi connectivity index (χ3n) is 2.96. The highest BCUT2D eigenvalue weighted by Crippen LogP contribution is 2.37. The third kappa shape index (κ3) is 7.20. The first-order valence-corrected chi connectivity index (χ1v) is 11.4. The van der Waals surface area contributed by atoms with Gasteiger partial charge in [-0.1, -0.05) is 27.8 Å². The minimum Gasteiger partial charge on any atom is -0.390 e. The van der Waals surface area contributed by atoms with E-state index in [1.807, 2.05) is 6.92 Å². The molecule has 9 nitrogen and oxygen atoms in total. The predicted molar refractivity (Wildman–Crippen MR) is 99.7 cm³/mol. The van der Waals surface area contributed by atoms with E-state index >= 15 is 0 Å². The zero-order valence-electron chi connectivity index (χ0n) is 13.7. The summed E-state index contributed by atoms with van der Waals surface area (Å²) in [7, 11) is -1.42. The summed E-state index contributed by atoms with van der Waals surface area (Å²) in [6, 6.07) is 0. The molecule has 1 unspecified atom stereocenters. The first-order valence-electron chi connectivity index (χ1n) is 7.47. The summed E-state index contributed by atoms with van der Waals surface area (Å²) < 4.78 is 19.5. The van der Waals surface area contributed by atoms with Gasteiger partial charge in [-0.3, -0.25) is 4.57 Å². The first-order chi connectivity index (χ1) is 11.4. The van der Waals surface area contributed by atoms with E-state index < -0.39 is 12.6 Å². The zero-order valence-corrected chi connectivity index (χ0v) is 17.0. The van der Waals surface area contributed by atoms with Crippen LogP contribution in [-0.2, 0) is 21.9 Å². The van der Waals surface area contributed by atoms with Crippen molar-refractivity contribution in [3.63, 3.8) is 0 Å². The molecule has 24 heavy (non-hydrogen) atoms. The molecule has 0 saturated carbocycles. The number of halogens is 1. The van der Waals surface area contributed by atoms with E-state index in [2.05, 4.69) is 31.1 Å². The summed E-state index contributed by atoms with van der Waals surface area (Å²) >= 11 is 4.82. The van der Waals surface area contributed by atoms with Crippen molar-refractivity contribution < 1.29 is 14.0 Å². The summed E-state index contributed by atoms with van der Waals surface area (Å²) in [5.74, 6) is 1.02. The minimum atomic E-state index is -3.03. The number of hydrogen-bond acceptors (Lipinski definition) is 6. The number of nitro groups is 1. The van der Waals surface area contributed by atoms with Crippen LogP contribution in [0.2, 0.25) is 0 Å². The average Bonchev–Trinajstić information content (AvgIpc) is 2.92. The Balaban J connectivity index is 2.37. The molecule has 1 rings (SSSR count). The van der Waals surface area contributed by atoms with Crippen LogP contribution in [0.5, 0.6) is 0 Å². The van der Waals surface area contributed by atoms with Crippen molar-refractivity contribution in [1.82, 2.24) is 19.7 Å². The van der Waals surface area contributed by atoms with Crippen LogP contribution < -0.4 is 10.2 Å². The van der Waals surface area contributed by atoms with Gasteiger partial charge in [-0.2, -0.15) is 11.8 Å². The number of aromatic nitrogens is 2. The number of imidazole rings is 1. The van der Waals surface area contributed by atoms with E-state index in [1.54, 1.807) is 7.05 Å². The molecule has 0 bridgehead atoms. The molecular weight excluding hydrogens is 421 g/mol. The molecule has 0 aliphatic carbocycles. The molecule has 1 heterocycles. The quantitative estimate of drug-likeness (QED) is 0.157. The van der Waals surface area contributed by atoms with E-state index in [-0.39, 0.29) is 5.95 Å². The molecule has 1 aromatic rings. The highest BCUT2D eigenvalue weighted by molar-refractivity contribution is 9.09. The molecule has 0 radical (unpaired) electrons. The minimum absolute atomic E-state index is 0.172. The molecule has 0 amide bonds. The highest BCUT2D eigenvalue weighted by Gasteiger charge is 2.21. The van der Waals surface area contributed by atoms with Gasteiger partial charge >= 0.3 is 13.6 Å². The van der Waals surface area contributed by atoms with Gasteiger partial charge in [0.1, 0.15) is 11.9 Å². The molecule has 1 aromatic heterocycles. The van der Waals surface area contributed by atoms with Crippen molar-refractivity contribution in [1.29, 1.82) is 0 Å². The van der Waals surface area contributed by atoms with Crippen LogP contribution in [0.4, 0.5) is 5.95 Å². The van der Waals surface area contributed by atoms with Crippen molar-refractivity contribution in [3.8, 4) is 0 Å². The van der Waals surface area contributed by atoms with Gasteiger partial charge in [0.25, 0.3) is 0 Å². The second-order valence-corrected chi connectivity index (χ2v) is 8.70. The van der Waals surface area contributed by atoms with Gasteiger partial charge in [0, 0.05) is 24.2 Å². The van der Waals surface area contributed by atoms with Crippen LogP contribution in [0.25, 0.3) is 0 Å². The zero-order chi connectivity index (χ0) is 18.0. The van der Waals surface area contributed by atoms with Crippen molar-refractivity contribution in [2.24, 2.45) is 7.05 Å². The number of hydrogen-bond donors (Lipinski definition) is 2. The average molecular weight is 444 g/mol. The normalized spacial score (nSPS) is 13.8. The van der Waals surface area contributed by atoms with Crippen LogP contribution in [0.15, 0.2) is 6.20 Å². The lowest BCUT2D eigenvalue weighted by molar-refractivity contribution is -0.396. The Morgan fingerprint density at radius 3 is 2.79 bits per heavy atom. The van der Waals surface area contributed by atoms with Crippen molar-refractivity contribution >= 4 is 41.3 Å². The molecule has 0 fully saturated rings. The summed E-state index contributed by atoms with van der Waals surface area (Å²) in [5, 5.41) is 17.2. The molecular formula is C12H23BrN5O4PS. The maximum absolute atomic E-state index is 12.5. The fraction of sp³-hybridized carbons (Fsp3) is 0.750. The molecule has 2 N–H and O–H groups in total. The van der Waals surface area contributed by atoms with E-state index in [9.17, 15) is 14.7 Å². The van der Waals surface area contributed by atoms with Crippen LogP contribution >= 0.6 is 35.4 Å². The number of nitrogens with zero attached hydrogens (tertiary/aromatic N) is 3. The second-order valence-electron chi connectivity index (χ2n) is 4.81. The van der Waals surface area contributed by atoms with Gasteiger partial charge in [0.05, 0.1) is 19.4 Å². The molecule has 0 aliphatic rings. The van der Waals surface area contributed by atoms with Gasteiger partial charge in [0.2, 0.25) is 0 Å². The number of nitrogens with one attached hydrogen (secondary N) is 2. The van der Waals surface area contributed by atoms with Crippen LogP contribution in [0.1, 0.15) is 19.0 Å². The Bertz CT molecular complexity index is 562. The van der Waals surface area contributed by atoms with Crippen LogP contribution in [0.3, 0.4) is 0 Å². The third-order valence-corrected chi connectivity index (χ3v) is 6.14. The lowest BCUT2D eigenvalue weighted by Crippen LogP contribution is -2.26. The monoisotopic (exact) mass is 443 g/mol. The van der Waals surface area contributed by atoms with E-state index in [0.717, 1.165) is 12.1 Å². The van der Waals surface area contributed by atoms with Gasteiger partial charge < -0.3 is 14.6 Å². The summed E-state index contributed by atoms with van der Waals surface area (Å²) in [4.78, 5) is 14.0. The van der Waals surface area contributed by atoms with Crippen LogP contribution in [0, 0.1) is 10.1 Å². The molecule has 0 spiro atoms.